The third-order valence-corrected chi connectivity index (χ3v) is 4.83. The molecule has 0 saturated heterocycles. The van der Waals surface area contributed by atoms with Gasteiger partial charge < -0.3 is 10.2 Å². The summed E-state index contributed by atoms with van der Waals surface area (Å²) in [6, 6.07) is 16.3. The van der Waals surface area contributed by atoms with Gasteiger partial charge in [0, 0.05) is 4.70 Å². The van der Waals surface area contributed by atoms with E-state index >= 15 is 0 Å². The van der Waals surface area contributed by atoms with Crippen LogP contribution < -0.4 is 10.2 Å². The average Bonchev–Trinajstić information content (AvgIpc) is 2.93. The Hall–Kier alpha value is -2.33. The third-order valence-electron chi connectivity index (χ3n) is 3.82. The highest BCUT2D eigenvalue weighted by Gasteiger charge is 2.24. The van der Waals surface area contributed by atoms with E-state index in [2.05, 4.69) is 22.8 Å². The lowest BCUT2D eigenvalue weighted by Gasteiger charge is -2.30. The van der Waals surface area contributed by atoms with E-state index in [9.17, 15) is 4.79 Å². The van der Waals surface area contributed by atoms with E-state index in [1.54, 1.807) is 11.3 Å². The quantitative estimate of drug-likeness (QED) is 0.778. The maximum Gasteiger partial charge on any atom is 0.246 e. The fraction of sp³-hybridized carbons (Fsp3) is 0.118. The van der Waals surface area contributed by atoms with Gasteiger partial charge in [-0.25, -0.2) is 0 Å². The summed E-state index contributed by atoms with van der Waals surface area (Å²) in [7, 11) is 0. The van der Waals surface area contributed by atoms with Crippen LogP contribution in [-0.4, -0.2) is 12.5 Å². The van der Waals surface area contributed by atoms with Crippen LogP contribution >= 0.6 is 11.3 Å². The molecular weight excluding hydrogens is 280 g/mol. The van der Waals surface area contributed by atoms with Gasteiger partial charge >= 0.3 is 0 Å². The summed E-state index contributed by atoms with van der Waals surface area (Å²) in [6.07, 6.45) is 0. The van der Waals surface area contributed by atoms with Crippen molar-refractivity contribution < 1.29 is 4.79 Å². The lowest BCUT2D eigenvalue weighted by atomic mass is 10.1. The minimum atomic E-state index is 0.115. The number of rotatable bonds is 2. The molecule has 4 heteroatoms. The van der Waals surface area contributed by atoms with E-state index in [0.29, 0.717) is 13.1 Å². The number of benzene rings is 2. The van der Waals surface area contributed by atoms with Crippen LogP contribution in [0, 0.1) is 0 Å². The normalized spacial score (nSPS) is 14.1. The number of hydrogen-bond donors (Lipinski definition) is 1. The second-order valence-corrected chi connectivity index (χ2v) is 6.02. The smallest absolute Gasteiger partial charge is 0.246 e. The Morgan fingerprint density at radius 2 is 1.90 bits per heavy atom. The zero-order valence-electron chi connectivity index (χ0n) is 11.4. The molecule has 21 heavy (non-hydrogen) atoms. The van der Waals surface area contributed by atoms with Gasteiger partial charge in [0.1, 0.15) is 0 Å². The molecule has 1 aliphatic heterocycles. The van der Waals surface area contributed by atoms with Crippen molar-refractivity contribution in [3.05, 3.63) is 59.5 Å². The SMILES string of the molecule is O=C1CNc2ccccc2N1Cc1csc2ccccc12. The summed E-state index contributed by atoms with van der Waals surface area (Å²) < 4.78 is 1.27. The molecule has 1 aliphatic rings. The molecule has 1 N–H and O–H groups in total. The monoisotopic (exact) mass is 294 g/mol. The van der Waals surface area contributed by atoms with E-state index in [-0.39, 0.29) is 5.91 Å². The topological polar surface area (TPSA) is 32.3 Å². The van der Waals surface area contributed by atoms with Crippen molar-refractivity contribution in [2.45, 2.75) is 6.54 Å². The Morgan fingerprint density at radius 3 is 2.86 bits per heavy atom. The van der Waals surface area contributed by atoms with Crippen LogP contribution in [0.5, 0.6) is 0 Å². The van der Waals surface area contributed by atoms with Crippen LogP contribution in [0.4, 0.5) is 11.4 Å². The van der Waals surface area contributed by atoms with Crippen molar-refractivity contribution in [3.63, 3.8) is 0 Å². The number of carbonyl (C=O) groups is 1. The van der Waals surface area contributed by atoms with E-state index in [0.717, 1.165) is 11.4 Å². The minimum absolute atomic E-state index is 0.115. The van der Waals surface area contributed by atoms with Crippen LogP contribution in [0.1, 0.15) is 5.56 Å². The van der Waals surface area contributed by atoms with Gasteiger partial charge in [-0.15, -0.1) is 11.3 Å². The molecule has 2 aromatic carbocycles. The van der Waals surface area contributed by atoms with E-state index in [4.69, 9.17) is 0 Å². The summed E-state index contributed by atoms with van der Waals surface area (Å²) in [5, 5.41) is 6.57. The standard InChI is InChI=1S/C17H14N2OS/c20-17-9-18-14-6-2-3-7-15(14)19(17)10-12-11-21-16-8-4-1-5-13(12)16/h1-8,11,18H,9-10H2. The summed E-state index contributed by atoms with van der Waals surface area (Å²) in [6.45, 7) is 0.987. The van der Waals surface area contributed by atoms with Crippen molar-refractivity contribution in [3.8, 4) is 0 Å². The number of anilines is 2. The molecule has 0 aliphatic carbocycles. The molecule has 0 unspecified atom stereocenters. The predicted octanol–water partition coefficient (Wildman–Crippen LogP) is 3.86. The van der Waals surface area contributed by atoms with E-state index < -0.39 is 0 Å². The van der Waals surface area contributed by atoms with E-state index in [1.165, 1.54) is 15.6 Å². The number of nitrogens with zero attached hydrogens (tertiary/aromatic N) is 1. The van der Waals surface area contributed by atoms with Crippen LogP contribution in [-0.2, 0) is 11.3 Å². The molecule has 3 aromatic rings. The largest absolute Gasteiger partial charge is 0.374 e. The van der Waals surface area contributed by atoms with Gasteiger partial charge in [-0.2, -0.15) is 0 Å². The Balaban J connectivity index is 1.75. The van der Waals surface area contributed by atoms with Crippen molar-refractivity contribution in [2.24, 2.45) is 0 Å². The highest BCUT2D eigenvalue weighted by Crippen LogP contribution is 2.33. The molecule has 0 fully saturated rings. The molecular formula is C17H14N2OS. The second-order valence-electron chi connectivity index (χ2n) is 5.11. The van der Waals surface area contributed by atoms with Crippen molar-refractivity contribution >= 4 is 38.7 Å². The summed E-state index contributed by atoms with van der Waals surface area (Å²) in [4.78, 5) is 14.2. The Bertz CT molecular complexity index is 824. The Kier molecular flexibility index (Phi) is 2.89. The summed E-state index contributed by atoms with van der Waals surface area (Å²) in [5.74, 6) is 0.115. The highest BCUT2D eigenvalue weighted by molar-refractivity contribution is 7.17. The van der Waals surface area contributed by atoms with Crippen molar-refractivity contribution in [2.75, 3.05) is 16.8 Å². The van der Waals surface area contributed by atoms with Gasteiger partial charge in [0.15, 0.2) is 0 Å². The molecule has 0 bridgehead atoms. The number of para-hydroxylation sites is 2. The third kappa shape index (κ3) is 2.08. The van der Waals surface area contributed by atoms with Gasteiger partial charge in [-0.1, -0.05) is 30.3 Å². The molecule has 0 spiro atoms. The van der Waals surface area contributed by atoms with Crippen LogP contribution in [0.2, 0.25) is 0 Å². The van der Waals surface area contributed by atoms with E-state index in [1.807, 2.05) is 41.3 Å². The molecule has 3 nitrogen and oxygen atoms in total. The maximum atomic E-state index is 12.3. The molecule has 4 rings (SSSR count). The fourth-order valence-electron chi connectivity index (χ4n) is 2.76. The van der Waals surface area contributed by atoms with Crippen molar-refractivity contribution in [1.82, 2.24) is 0 Å². The molecule has 1 aromatic heterocycles. The predicted molar refractivity (Wildman–Crippen MR) is 87.9 cm³/mol. The number of fused-ring (bicyclic) bond motifs is 2. The first kappa shape index (κ1) is 12.4. The zero-order valence-corrected chi connectivity index (χ0v) is 12.2. The van der Waals surface area contributed by atoms with Gasteiger partial charge in [-0.3, -0.25) is 4.79 Å². The molecule has 0 saturated carbocycles. The van der Waals surface area contributed by atoms with Crippen LogP contribution in [0.25, 0.3) is 10.1 Å². The van der Waals surface area contributed by atoms with Crippen molar-refractivity contribution in [1.29, 1.82) is 0 Å². The van der Waals surface area contributed by atoms with Gasteiger partial charge in [0.05, 0.1) is 24.5 Å². The number of thiophene rings is 1. The zero-order chi connectivity index (χ0) is 14.2. The van der Waals surface area contributed by atoms with Gasteiger partial charge in [-0.05, 0) is 34.5 Å². The lowest BCUT2D eigenvalue weighted by Crippen LogP contribution is -2.39. The first-order chi connectivity index (χ1) is 10.3. The molecule has 0 atom stereocenters. The summed E-state index contributed by atoms with van der Waals surface area (Å²) in [5.41, 5.74) is 3.20. The Labute approximate surface area is 126 Å². The van der Waals surface area contributed by atoms with Crippen LogP contribution in [0.15, 0.2) is 53.9 Å². The Morgan fingerprint density at radius 1 is 1.10 bits per heavy atom. The maximum absolute atomic E-state index is 12.3. The number of hydrogen-bond acceptors (Lipinski definition) is 3. The molecule has 0 radical (unpaired) electrons. The number of carbonyl (C=O) groups excluding carboxylic acids is 1. The second kappa shape index (κ2) is 4.90. The number of amides is 1. The molecule has 104 valence electrons. The lowest BCUT2D eigenvalue weighted by molar-refractivity contribution is -0.117. The minimum Gasteiger partial charge on any atom is -0.374 e. The fourth-order valence-corrected chi connectivity index (χ4v) is 3.71. The first-order valence-electron chi connectivity index (χ1n) is 6.91. The number of nitrogens with one attached hydrogen (secondary N) is 1. The highest BCUT2D eigenvalue weighted by atomic mass is 32.1. The van der Waals surface area contributed by atoms with Crippen LogP contribution in [0.3, 0.4) is 0 Å². The molecule has 2 heterocycles. The van der Waals surface area contributed by atoms with Gasteiger partial charge in [0.25, 0.3) is 0 Å². The molecule has 1 amide bonds. The first-order valence-corrected chi connectivity index (χ1v) is 7.79. The average molecular weight is 294 g/mol. The van der Waals surface area contributed by atoms with Gasteiger partial charge in [0.2, 0.25) is 5.91 Å². The summed E-state index contributed by atoms with van der Waals surface area (Å²) >= 11 is 1.73.